The van der Waals surface area contributed by atoms with Crippen LogP contribution in [0.5, 0.6) is 17.2 Å². The second-order valence-corrected chi connectivity index (χ2v) is 7.92. The highest BCUT2D eigenvalue weighted by molar-refractivity contribution is 6.30. The van der Waals surface area contributed by atoms with Gasteiger partial charge in [-0.05, 0) is 80.6 Å². The molecule has 4 rings (SSSR count). The van der Waals surface area contributed by atoms with Crippen LogP contribution in [-0.4, -0.2) is 21.7 Å². The highest BCUT2D eigenvalue weighted by Crippen LogP contribution is 2.31. The fourth-order valence-electron chi connectivity index (χ4n) is 3.52. The minimum absolute atomic E-state index is 0.0822. The van der Waals surface area contributed by atoms with Gasteiger partial charge in [0.15, 0.2) is 0 Å². The first-order valence-electron chi connectivity index (χ1n) is 9.96. The molecule has 6 heteroatoms. The molecule has 1 heterocycles. The normalized spacial score (nSPS) is 11.1. The molecule has 0 atom stereocenters. The maximum Gasteiger partial charge on any atom is 0.309 e. The molecule has 0 unspecified atom stereocenters. The van der Waals surface area contributed by atoms with E-state index in [-0.39, 0.29) is 12.5 Å². The molecule has 4 aromatic rings. The lowest BCUT2D eigenvalue weighted by Gasteiger charge is -2.13. The van der Waals surface area contributed by atoms with E-state index in [1.165, 1.54) is 0 Å². The van der Waals surface area contributed by atoms with E-state index < -0.39 is 5.97 Å². The molecule has 31 heavy (non-hydrogen) atoms. The number of aliphatic carboxylic acids is 1. The molecule has 0 spiro atoms. The Morgan fingerprint density at radius 1 is 0.968 bits per heavy atom. The summed E-state index contributed by atoms with van der Waals surface area (Å²) >= 11 is 6.04. The van der Waals surface area contributed by atoms with E-state index >= 15 is 0 Å². The van der Waals surface area contributed by atoms with Crippen molar-refractivity contribution in [3.63, 3.8) is 0 Å². The van der Waals surface area contributed by atoms with Gasteiger partial charge in [0.05, 0.1) is 18.0 Å². The second-order valence-electron chi connectivity index (χ2n) is 7.48. The Balaban J connectivity index is 1.73. The van der Waals surface area contributed by atoms with Crippen LogP contribution in [0.3, 0.4) is 0 Å². The number of halogens is 1. The minimum atomic E-state index is -0.890. The Morgan fingerprint density at radius 3 is 2.35 bits per heavy atom. The molecule has 0 aliphatic heterocycles. The van der Waals surface area contributed by atoms with Crippen molar-refractivity contribution in [2.75, 3.05) is 0 Å². The standard InChI is InChI=1S/C25H22ClNO4/c1-16(2)30-21-8-6-19(7-9-21)27-20(15-25(28)29)12-17-13-23(10-11-24(17)27)31-22-5-3-4-18(26)14-22/h3-14,16H,15H2,1-2H3,(H,28,29). The number of carboxylic acid groups (broad SMARTS) is 1. The third-order valence-corrected chi connectivity index (χ3v) is 4.92. The van der Waals surface area contributed by atoms with Gasteiger partial charge in [-0.3, -0.25) is 4.79 Å². The monoisotopic (exact) mass is 435 g/mol. The lowest BCUT2D eigenvalue weighted by molar-refractivity contribution is -0.136. The van der Waals surface area contributed by atoms with Crippen LogP contribution in [0.15, 0.2) is 72.8 Å². The van der Waals surface area contributed by atoms with Crippen LogP contribution in [0.2, 0.25) is 5.02 Å². The highest BCUT2D eigenvalue weighted by Gasteiger charge is 2.15. The SMILES string of the molecule is CC(C)Oc1ccc(-n2c(CC(=O)O)cc3cc(Oc4cccc(Cl)c4)ccc32)cc1. The smallest absolute Gasteiger partial charge is 0.309 e. The fraction of sp³-hybridized carbons (Fsp3) is 0.160. The third kappa shape index (κ3) is 4.84. The number of benzene rings is 3. The van der Waals surface area contributed by atoms with Crippen molar-refractivity contribution < 1.29 is 19.4 Å². The van der Waals surface area contributed by atoms with Gasteiger partial charge in [0.25, 0.3) is 0 Å². The predicted molar refractivity (Wildman–Crippen MR) is 122 cm³/mol. The molecule has 5 nitrogen and oxygen atoms in total. The summed E-state index contributed by atoms with van der Waals surface area (Å²) < 4.78 is 13.6. The molecule has 1 N–H and O–H groups in total. The number of hydrogen-bond acceptors (Lipinski definition) is 3. The van der Waals surface area contributed by atoms with E-state index in [0.29, 0.717) is 22.2 Å². The van der Waals surface area contributed by atoms with E-state index in [1.54, 1.807) is 12.1 Å². The van der Waals surface area contributed by atoms with E-state index in [1.807, 2.05) is 79.1 Å². The van der Waals surface area contributed by atoms with Crippen LogP contribution >= 0.6 is 11.6 Å². The highest BCUT2D eigenvalue weighted by atomic mass is 35.5. The largest absolute Gasteiger partial charge is 0.491 e. The van der Waals surface area contributed by atoms with E-state index in [9.17, 15) is 9.90 Å². The van der Waals surface area contributed by atoms with Crippen molar-refractivity contribution in [3.8, 4) is 22.9 Å². The molecule has 1 aromatic heterocycles. The summed E-state index contributed by atoms with van der Waals surface area (Å²) in [5.41, 5.74) is 2.44. The Labute approximate surface area is 185 Å². The molecular weight excluding hydrogens is 414 g/mol. The number of aromatic nitrogens is 1. The quantitative estimate of drug-likeness (QED) is 0.360. The lowest BCUT2D eigenvalue weighted by atomic mass is 10.2. The zero-order chi connectivity index (χ0) is 22.0. The Morgan fingerprint density at radius 2 is 1.68 bits per heavy atom. The molecule has 0 saturated carbocycles. The molecule has 0 fully saturated rings. The molecule has 0 amide bonds. The Hall–Kier alpha value is -3.44. The van der Waals surface area contributed by atoms with Gasteiger partial charge < -0.3 is 19.1 Å². The molecule has 0 saturated heterocycles. The van der Waals surface area contributed by atoms with Gasteiger partial charge in [-0.1, -0.05) is 17.7 Å². The summed E-state index contributed by atoms with van der Waals surface area (Å²) in [5, 5.41) is 10.9. The fourth-order valence-corrected chi connectivity index (χ4v) is 3.70. The molecular formula is C25H22ClNO4. The number of carbonyl (C=O) groups is 1. The van der Waals surface area contributed by atoms with Crippen molar-refractivity contribution in [3.05, 3.63) is 83.5 Å². The van der Waals surface area contributed by atoms with Gasteiger partial charge in [0.2, 0.25) is 0 Å². The maximum absolute atomic E-state index is 11.5. The molecule has 0 aliphatic carbocycles. The number of hydrogen-bond donors (Lipinski definition) is 1. The van der Waals surface area contributed by atoms with E-state index in [0.717, 1.165) is 22.3 Å². The van der Waals surface area contributed by atoms with Gasteiger partial charge in [-0.15, -0.1) is 0 Å². The van der Waals surface area contributed by atoms with Gasteiger partial charge in [-0.2, -0.15) is 0 Å². The topological polar surface area (TPSA) is 60.7 Å². The van der Waals surface area contributed by atoms with Crippen LogP contribution in [-0.2, 0) is 11.2 Å². The average Bonchev–Trinajstić information content (AvgIpc) is 3.04. The number of fused-ring (bicyclic) bond motifs is 1. The molecule has 3 aromatic carbocycles. The minimum Gasteiger partial charge on any atom is -0.491 e. The number of carboxylic acids is 1. The van der Waals surface area contributed by atoms with Crippen molar-refractivity contribution in [2.45, 2.75) is 26.4 Å². The van der Waals surface area contributed by atoms with Crippen molar-refractivity contribution >= 4 is 28.5 Å². The van der Waals surface area contributed by atoms with E-state index in [2.05, 4.69) is 0 Å². The van der Waals surface area contributed by atoms with Gasteiger partial charge in [0, 0.05) is 21.8 Å². The first kappa shape index (κ1) is 20.8. The zero-order valence-electron chi connectivity index (χ0n) is 17.2. The second kappa shape index (κ2) is 8.74. The van der Waals surface area contributed by atoms with Crippen molar-refractivity contribution in [2.24, 2.45) is 0 Å². The number of rotatable bonds is 7. The van der Waals surface area contributed by atoms with Crippen LogP contribution in [0.1, 0.15) is 19.5 Å². The summed E-state index contributed by atoms with van der Waals surface area (Å²) in [4.78, 5) is 11.5. The summed E-state index contributed by atoms with van der Waals surface area (Å²) in [6.07, 6.45) is -0.0117. The summed E-state index contributed by atoms with van der Waals surface area (Å²) in [5.74, 6) is 1.17. The molecule has 0 aliphatic rings. The predicted octanol–water partition coefficient (Wildman–Crippen LogP) is 6.49. The number of ether oxygens (including phenoxy) is 2. The van der Waals surface area contributed by atoms with E-state index in [4.69, 9.17) is 21.1 Å². The van der Waals surface area contributed by atoms with Crippen molar-refractivity contribution in [1.29, 1.82) is 0 Å². The average molecular weight is 436 g/mol. The first-order valence-corrected chi connectivity index (χ1v) is 10.3. The van der Waals surface area contributed by atoms with Crippen LogP contribution < -0.4 is 9.47 Å². The number of nitrogens with zero attached hydrogens (tertiary/aromatic N) is 1. The Kier molecular flexibility index (Phi) is 5.87. The molecule has 158 valence electrons. The lowest BCUT2D eigenvalue weighted by Crippen LogP contribution is -2.07. The summed E-state index contributed by atoms with van der Waals surface area (Å²) in [7, 11) is 0. The van der Waals surface area contributed by atoms with Gasteiger partial charge in [-0.25, -0.2) is 0 Å². The zero-order valence-corrected chi connectivity index (χ0v) is 18.0. The van der Waals surface area contributed by atoms with Crippen LogP contribution in [0.4, 0.5) is 0 Å². The first-order chi connectivity index (χ1) is 14.9. The Bertz CT molecular complexity index is 1230. The van der Waals surface area contributed by atoms with Crippen molar-refractivity contribution in [1.82, 2.24) is 4.57 Å². The molecule has 0 bridgehead atoms. The van der Waals surface area contributed by atoms with Crippen LogP contribution in [0, 0.1) is 0 Å². The van der Waals surface area contributed by atoms with Crippen LogP contribution in [0.25, 0.3) is 16.6 Å². The van der Waals surface area contributed by atoms with Gasteiger partial charge >= 0.3 is 5.97 Å². The third-order valence-electron chi connectivity index (χ3n) is 4.68. The summed E-state index contributed by atoms with van der Waals surface area (Å²) in [6.45, 7) is 3.95. The van der Waals surface area contributed by atoms with Gasteiger partial charge in [0.1, 0.15) is 17.2 Å². The maximum atomic E-state index is 11.5. The summed E-state index contributed by atoms with van der Waals surface area (Å²) in [6, 6.07) is 22.4. The molecule has 0 radical (unpaired) electrons.